The van der Waals surface area contributed by atoms with E-state index in [1.165, 1.54) is 24.1 Å². The monoisotopic (exact) mass is 260 g/mol. The molecule has 2 rings (SSSR count). The number of nitrogens with zero attached hydrogens (tertiary/aromatic N) is 2. The van der Waals surface area contributed by atoms with Gasteiger partial charge in [-0.3, -0.25) is 5.01 Å². The van der Waals surface area contributed by atoms with Crippen molar-refractivity contribution < 1.29 is 4.74 Å². The molecule has 0 aromatic heterocycles. The molecule has 0 aliphatic carbocycles. The lowest BCUT2D eigenvalue weighted by Crippen LogP contribution is -2.29. The van der Waals surface area contributed by atoms with E-state index >= 15 is 0 Å². The molecule has 0 unspecified atom stereocenters. The molecular formula is C16H24N2O. The maximum absolute atomic E-state index is 5.26. The third kappa shape index (κ3) is 4.35. The first-order valence-electron chi connectivity index (χ1n) is 7.13. The third-order valence-corrected chi connectivity index (χ3v) is 3.62. The Morgan fingerprint density at radius 3 is 2.89 bits per heavy atom. The van der Waals surface area contributed by atoms with Crippen molar-refractivity contribution in [3.63, 3.8) is 0 Å². The van der Waals surface area contributed by atoms with Crippen LogP contribution in [0.3, 0.4) is 0 Å². The summed E-state index contributed by atoms with van der Waals surface area (Å²) >= 11 is 0. The van der Waals surface area contributed by atoms with Crippen molar-refractivity contribution in [1.82, 2.24) is 5.01 Å². The van der Waals surface area contributed by atoms with Crippen molar-refractivity contribution in [1.29, 1.82) is 0 Å². The molecule has 1 aliphatic heterocycles. The minimum atomic E-state index is 0.469. The molecule has 104 valence electrons. The number of aryl methyl sites for hydroxylation is 1. The number of benzene rings is 1. The fraction of sp³-hybridized carbons (Fsp3) is 0.562. The van der Waals surface area contributed by atoms with Crippen molar-refractivity contribution in [2.24, 2.45) is 5.10 Å². The summed E-state index contributed by atoms with van der Waals surface area (Å²) in [6.45, 7) is 3.98. The van der Waals surface area contributed by atoms with Crippen LogP contribution in [0.15, 0.2) is 35.4 Å². The number of hydrogen-bond donors (Lipinski definition) is 0. The van der Waals surface area contributed by atoms with Gasteiger partial charge in [0, 0.05) is 19.4 Å². The molecular weight excluding hydrogens is 236 g/mol. The molecule has 3 heteroatoms. The highest BCUT2D eigenvalue weighted by Crippen LogP contribution is 2.18. The summed E-state index contributed by atoms with van der Waals surface area (Å²) in [5.41, 5.74) is 2.60. The van der Waals surface area contributed by atoms with Gasteiger partial charge in [-0.25, -0.2) is 0 Å². The third-order valence-electron chi connectivity index (χ3n) is 3.62. The normalized spacial score (nSPS) is 20.0. The van der Waals surface area contributed by atoms with E-state index in [4.69, 9.17) is 9.84 Å². The second-order valence-electron chi connectivity index (χ2n) is 5.24. The Bertz CT molecular complexity index is 402. The summed E-state index contributed by atoms with van der Waals surface area (Å²) in [5, 5.41) is 6.97. The average Bonchev–Trinajstić information content (AvgIpc) is 2.85. The molecule has 1 heterocycles. The van der Waals surface area contributed by atoms with Gasteiger partial charge in [0.1, 0.15) is 0 Å². The molecule has 0 radical (unpaired) electrons. The van der Waals surface area contributed by atoms with Crippen LogP contribution >= 0.6 is 0 Å². The van der Waals surface area contributed by atoms with Crippen molar-refractivity contribution in [3.05, 3.63) is 35.9 Å². The lowest BCUT2D eigenvalue weighted by Gasteiger charge is -2.21. The number of hydrazone groups is 1. The lowest BCUT2D eigenvalue weighted by molar-refractivity contribution is 0.117. The van der Waals surface area contributed by atoms with Crippen LogP contribution in [-0.2, 0) is 11.2 Å². The van der Waals surface area contributed by atoms with Gasteiger partial charge in [0.25, 0.3) is 0 Å². The van der Waals surface area contributed by atoms with Crippen molar-refractivity contribution in [3.8, 4) is 0 Å². The second kappa shape index (κ2) is 7.29. The largest absolute Gasteiger partial charge is 0.382 e. The average molecular weight is 260 g/mol. The molecule has 19 heavy (non-hydrogen) atoms. The zero-order valence-corrected chi connectivity index (χ0v) is 12.0. The van der Waals surface area contributed by atoms with Crippen molar-refractivity contribution in [2.45, 2.75) is 38.6 Å². The van der Waals surface area contributed by atoms with Crippen LogP contribution < -0.4 is 0 Å². The van der Waals surface area contributed by atoms with Crippen LogP contribution in [0.25, 0.3) is 0 Å². The van der Waals surface area contributed by atoms with Gasteiger partial charge in [0.15, 0.2) is 0 Å². The molecule has 1 aromatic rings. The molecule has 0 spiro atoms. The molecule has 0 saturated carbocycles. The minimum Gasteiger partial charge on any atom is -0.382 e. The predicted molar refractivity (Wildman–Crippen MR) is 79.5 cm³/mol. The van der Waals surface area contributed by atoms with E-state index in [0.717, 1.165) is 26.0 Å². The number of methoxy groups -OCH3 is 1. The van der Waals surface area contributed by atoms with Gasteiger partial charge in [0.05, 0.1) is 12.6 Å². The maximum atomic E-state index is 5.26. The summed E-state index contributed by atoms with van der Waals surface area (Å²) in [6, 6.07) is 11.1. The Morgan fingerprint density at radius 1 is 1.37 bits per heavy atom. The summed E-state index contributed by atoms with van der Waals surface area (Å²) in [6.07, 6.45) is 4.52. The van der Waals surface area contributed by atoms with Gasteiger partial charge in [-0.1, -0.05) is 30.3 Å². The standard InChI is InChI=1S/C16H24N2O/c1-14(10-11-15-7-4-3-5-8-15)17-18-12-6-9-16(18)13-19-2/h3-5,7-8,16H,6,9-13H2,1-2H3/b17-14+/t16-/m0/s1. The smallest absolute Gasteiger partial charge is 0.0704 e. The maximum Gasteiger partial charge on any atom is 0.0704 e. The summed E-state index contributed by atoms with van der Waals surface area (Å²) in [7, 11) is 1.77. The first-order valence-corrected chi connectivity index (χ1v) is 7.13. The lowest BCUT2D eigenvalue weighted by atomic mass is 10.1. The summed E-state index contributed by atoms with van der Waals surface area (Å²) in [4.78, 5) is 0. The van der Waals surface area contributed by atoms with Crippen LogP contribution in [-0.4, -0.2) is 37.0 Å². The van der Waals surface area contributed by atoms with E-state index in [1.807, 2.05) is 0 Å². The van der Waals surface area contributed by atoms with E-state index < -0.39 is 0 Å². The Hall–Kier alpha value is -1.35. The van der Waals surface area contributed by atoms with Gasteiger partial charge in [-0.15, -0.1) is 0 Å². The van der Waals surface area contributed by atoms with Crippen LogP contribution in [0.5, 0.6) is 0 Å². The van der Waals surface area contributed by atoms with E-state index in [9.17, 15) is 0 Å². The van der Waals surface area contributed by atoms with Crippen molar-refractivity contribution in [2.75, 3.05) is 20.3 Å². The molecule has 3 nitrogen and oxygen atoms in total. The van der Waals surface area contributed by atoms with E-state index in [-0.39, 0.29) is 0 Å². The zero-order chi connectivity index (χ0) is 13.5. The van der Waals surface area contributed by atoms with E-state index in [1.54, 1.807) is 7.11 Å². The fourth-order valence-electron chi connectivity index (χ4n) is 2.55. The van der Waals surface area contributed by atoms with Crippen LogP contribution in [0.1, 0.15) is 31.7 Å². The molecule has 0 N–H and O–H groups in total. The Balaban J connectivity index is 1.85. The first-order chi connectivity index (χ1) is 9.29. The molecule has 1 aliphatic rings. The highest BCUT2D eigenvalue weighted by atomic mass is 16.5. The van der Waals surface area contributed by atoms with Gasteiger partial charge >= 0.3 is 0 Å². The summed E-state index contributed by atoms with van der Waals surface area (Å²) in [5.74, 6) is 0. The van der Waals surface area contributed by atoms with Crippen LogP contribution in [0.4, 0.5) is 0 Å². The number of hydrogen-bond acceptors (Lipinski definition) is 3. The molecule has 1 fully saturated rings. The first kappa shape index (κ1) is 14.1. The van der Waals surface area contributed by atoms with Crippen LogP contribution in [0.2, 0.25) is 0 Å². The highest BCUT2D eigenvalue weighted by Gasteiger charge is 2.22. The topological polar surface area (TPSA) is 24.8 Å². The van der Waals surface area contributed by atoms with Crippen LogP contribution in [0, 0.1) is 0 Å². The highest BCUT2D eigenvalue weighted by molar-refractivity contribution is 5.81. The summed E-state index contributed by atoms with van der Waals surface area (Å²) < 4.78 is 5.26. The SMILES string of the molecule is COC[C@@H]1CCCN1/N=C(\C)CCc1ccccc1. The minimum absolute atomic E-state index is 0.469. The van der Waals surface area contributed by atoms with Gasteiger partial charge in [0.2, 0.25) is 0 Å². The van der Waals surface area contributed by atoms with E-state index in [0.29, 0.717) is 6.04 Å². The van der Waals surface area contributed by atoms with Gasteiger partial charge in [-0.2, -0.15) is 5.10 Å². The Kier molecular flexibility index (Phi) is 5.40. The Labute approximate surface area is 116 Å². The Morgan fingerprint density at radius 2 is 2.16 bits per heavy atom. The quantitative estimate of drug-likeness (QED) is 0.734. The van der Waals surface area contributed by atoms with E-state index in [2.05, 4.69) is 42.3 Å². The molecule has 0 bridgehead atoms. The molecule has 1 saturated heterocycles. The predicted octanol–water partition coefficient (Wildman–Crippen LogP) is 3.11. The van der Waals surface area contributed by atoms with Gasteiger partial charge in [-0.05, 0) is 38.2 Å². The molecule has 1 aromatic carbocycles. The van der Waals surface area contributed by atoms with Gasteiger partial charge < -0.3 is 4.74 Å². The number of rotatable bonds is 6. The second-order valence-corrected chi connectivity index (χ2v) is 5.24. The fourth-order valence-corrected chi connectivity index (χ4v) is 2.55. The zero-order valence-electron chi connectivity index (χ0n) is 12.0. The van der Waals surface area contributed by atoms with Crippen molar-refractivity contribution >= 4 is 5.71 Å². The number of ether oxygens (including phenoxy) is 1. The molecule has 1 atom stereocenters. The molecule has 0 amide bonds.